The molecule has 0 spiro atoms. The van der Waals surface area contributed by atoms with Crippen LogP contribution in [0.2, 0.25) is 0 Å². The van der Waals surface area contributed by atoms with Crippen molar-refractivity contribution in [3.63, 3.8) is 0 Å². The van der Waals surface area contributed by atoms with Crippen LogP contribution in [0.5, 0.6) is 0 Å². The largest absolute Gasteiger partial charge is 0.309 e. The third-order valence-corrected chi connectivity index (χ3v) is 3.21. The molecule has 0 aliphatic carbocycles. The summed E-state index contributed by atoms with van der Waals surface area (Å²) in [7, 11) is 2.17. The number of hydrogen-bond donors (Lipinski definition) is 0. The molecule has 1 aliphatic heterocycles. The van der Waals surface area contributed by atoms with Gasteiger partial charge in [0.15, 0.2) is 5.65 Å². The van der Waals surface area contributed by atoms with Crippen molar-refractivity contribution in [1.29, 1.82) is 0 Å². The molecule has 0 radical (unpaired) electrons. The van der Waals surface area contributed by atoms with Crippen LogP contribution in [0.15, 0.2) is 30.6 Å². The Kier molecular flexibility index (Phi) is 2.29. The first-order valence-electron chi connectivity index (χ1n) is 5.70. The average Bonchev–Trinajstić information content (AvgIpc) is 2.74. The molecule has 4 nitrogen and oxygen atoms in total. The smallest absolute Gasteiger partial charge is 0.158 e. The van der Waals surface area contributed by atoms with Crippen LogP contribution in [0.25, 0.3) is 11.0 Å². The summed E-state index contributed by atoms with van der Waals surface area (Å²) in [5, 5.41) is 3.57. The number of hydrogen-bond acceptors (Lipinski definition) is 3. The first-order valence-corrected chi connectivity index (χ1v) is 5.70. The van der Waals surface area contributed by atoms with Gasteiger partial charge in [-0.1, -0.05) is 0 Å². The SMILES string of the molecule is CN1CCN(n2ccc3cccnc32)CC1. The van der Waals surface area contributed by atoms with Gasteiger partial charge in [0, 0.05) is 44.0 Å². The van der Waals surface area contributed by atoms with Crippen molar-refractivity contribution in [3.05, 3.63) is 30.6 Å². The molecule has 1 fully saturated rings. The van der Waals surface area contributed by atoms with E-state index in [1.54, 1.807) is 0 Å². The van der Waals surface area contributed by atoms with Crippen molar-refractivity contribution in [1.82, 2.24) is 14.6 Å². The van der Waals surface area contributed by atoms with Crippen LogP contribution in [0.4, 0.5) is 0 Å². The minimum Gasteiger partial charge on any atom is -0.309 e. The third kappa shape index (κ3) is 1.55. The molecule has 84 valence electrons. The molecule has 3 rings (SSSR count). The van der Waals surface area contributed by atoms with Crippen molar-refractivity contribution < 1.29 is 0 Å². The maximum absolute atomic E-state index is 4.44. The second kappa shape index (κ2) is 3.79. The van der Waals surface area contributed by atoms with E-state index in [0.717, 1.165) is 31.8 Å². The van der Waals surface area contributed by atoms with Crippen LogP contribution >= 0.6 is 0 Å². The molecule has 2 aromatic rings. The van der Waals surface area contributed by atoms with Crippen molar-refractivity contribution in [2.24, 2.45) is 0 Å². The van der Waals surface area contributed by atoms with E-state index in [2.05, 4.69) is 44.9 Å². The average molecular weight is 216 g/mol. The second-order valence-corrected chi connectivity index (χ2v) is 4.33. The maximum Gasteiger partial charge on any atom is 0.158 e. The Hall–Kier alpha value is -1.55. The number of likely N-dealkylation sites (N-methyl/N-ethyl adjacent to an activating group) is 1. The summed E-state index contributed by atoms with van der Waals surface area (Å²) in [4.78, 5) is 6.80. The van der Waals surface area contributed by atoms with E-state index in [0.29, 0.717) is 0 Å². The predicted molar refractivity (Wildman–Crippen MR) is 65.2 cm³/mol. The fraction of sp³-hybridized carbons (Fsp3) is 0.417. The summed E-state index contributed by atoms with van der Waals surface area (Å²) in [5.74, 6) is 0. The lowest BCUT2D eigenvalue weighted by molar-refractivity contribution is 0.289. The molecule has 0 unspecified atom stereocenters. The lowest BCUT2D eigenvalue weighted by Gasteiger charge is -2.34. The number of pyridine rings is 1. The molecule has 0 bridgehead atoms. The highest BCUT2D eigenvalue weighted by Gasteiger charge is 2.15. The Morgan fingerprint density at radius 2 is 1.94 bits per heavy atom. The molecule has 4 heteroatoms. The molecule has 0 atom stereocenters. The van der Waals surface area contributed by atoms with Gasteiger partial charge in [-0.25, -0.2) is 9.66 Å². The van der Waals surface area contributed by atoms with Crippen LogP contribution in [0.3, 0.4) is 0 Å². The zero-order valence-electron chi connectivity index (χ0n) is 9.50. The zero-order valence-corrected chi connectivity index (χ0v) is 9.50. The van der Waals surface area contributed by atoms with Crippen LogP contribution in [0.1, 0.15) is 0 Å². The lowest BCUT2D eigenvalue weighted by Crippen LogP contribution is -2.49. The summed E-state index contributed by atoms with van der Waals surface area (Å²) >= 11 is 0. The van der Waals surface area contributed by atoms with E-state index >= 15 is 0 Å². The van der Waals surface area contributed by atoms with Gasteiger partial charge in [-0.3, -0.25) is 0 Å². The highest BCUT2D eigenvalue weighted by atomic mass is 15.6. The molecule has 3 heterocycles. The summed E-state index contributed by atoms with van der Waals surface area (Å²) in [6.07, 6.45) is 3.97. The molecule has 0 saturated carbocycles. The van der Waals surface area contributed by atoms with Crippen molar-refractivity contribution in [2.75, 3.05) is 38.2 Å². The fourth-order valence-corrected chi connectivity index (χ4v) is 2.19. The van der Waals surface area contributed by atoms with Crippen LogP contribution in [-0.4, -0.2) is 47.8 Å². The number of aromatic nitrogens is 2. The van der Waals surface area contributed by atoms with E-state index in [4.69, 9.17) is 0 Å². The number of fused-ring (bicyclic) bond motifs is 1. The minimum atomic E-state index is 1.06. The molecule has 1 aliphatic rings. The fourth-order valence-electron chi connectivity index (χ4n) is 2.19. The van der Waals surface area contributed by atoms with E-state index in [9.17, 15) is 0 Å². The third-order valence-electron chi connectivity index (χ3n) is 3.21. The highest BCUT2D eigenvalue weighted by Crippen LogP contribution is 2.13. The molecular formula is C12H16N4. The number of piperazine rings is 1. The highest BCUT2D eigenvalue weighted by molar-refractivity contribution is 5.76. The van der Waals surface area contributed by atoms with Gasteiger partial charge in [-0.2, -0.15) is 0 Å². The van der Waals surface area contributed by atoms with Crippen LogP contribution in [0, 0.1) is 0 Å². The first-order chi connectivity index (χ1) is 7.84. The van der Waals surface area contributed by atoms with Gasteiger partial charge in [0.05, 0.1) is 0 Å². The topological polar surface area (TPSA) is 24.3 Å². The normalized spacial score (nSPS) is 18.2. The summed E-state index contributed by atoms with van der Waals surface area (Å²) in [6.45, 7) is 4.37. The lowest BCUT2D eigenvalue weighted by atomic mass is 10.3. The van der Waals surface area contributed by atoms with E-state index < -0.39 is 0 Å². The molecular weight excluding hydrogens is 200 g/mol. The van der Waals surface area contributed by atoms with Gasteiger partial charge in [-0.05, 0) is 25.2 Å². The standard InChI is InChI=1S/C12H16N4/c1-14-7-9-15(10-8-14)16-6-4-11-3-2-5-13-12(11)16/h2-6H,7-10H2,1H3. The minimum absolute atomic E-state index is 1.06. The number of rotatable bonds is 1. The predicted octanol–water partition coefficient (Wildman–Crippen LogP) is 0.920. The van der Waals surface area contributed by atoms with E-state index in [1.807, 2.05) is 12.3 Å². The molecule has 0 aromatic carbocycles. The Labute approximate surface area is 95.1 Å². The Morgan fingerprint density at radius 1 is 1.12 bits per heavy atom. The van der Waals surface area contributed by atoms with E-state index in [-0.39, 0.29) is 0 Å². The molecule has 1 saturated heterocycles. The van der Waals surface area contributed by atoms with Gasteiger partial charge < -0.3 is 9.91 Å². The zero-order chi connectivity index (χ0) is 11.0. The van der Waals surface area contributed by atoms with Gasteiger partial charge in [0.25, 0.3) is 0 Å². The quantitative estimate of drug-likeness (QED) is 0.708. The molecule has 16 heavy (non-hydrogen) atoms. The summed E-state index contributed by atoms with van der Waals surface area (Å²) in [5.41, 5.74) is 1.06. The van der Waals surface area contributed by atoms with Crippen molar-refractivity contribution in [3.8, 4) is 0 Å². The van der Waals surface area contributed by atoms with Crippen molar-refractivity contribution >= 4 is 11.0 Å². The van der Waals surface area contributed by atoms with Crippen molar-refractivity contribution in [2.45, 2.75) is 0 Å². The van der Waals surface area contributed by atoms with Gasteiger partial charge in [0.1, 0.15) is 0 Å². The van der Waals surface area contributed by atoms with E-state index in [1.165, 1.54) is 5.39 Å². The second-order valence-electron chi connectivity index (χ2n) is 4.33. The van der Waals surface area contributed by atoms with Crippen LogP contribution in [-0.2, 0) is 0 Å². The monoisotopic (exact) mass is 216 g/mol. The Balaban J connectivity index is 1.94. The molecule has 2 aromatic heterocycles. The summed E-state index contributed by atoms with van der Waals surface area (Å²) in [6, 6.07) is 6.21. The molecule has 0 N–H and O–H groups in total. The Morgan fingerprint density at radius 3 is 2.75 bits per heavy atom. The maximum atomic E-state index is 4.44. The molecule has 0 amide bonds. The summed E-state index contributed by atoms with van der Waals surface area (Å²) < 4.78 is 2.18. The van der Waals surface area contributed by atoms with Gasteiger partial charge in [-0.15, -0.1) is 0 Å². The van der Waals surface area contributed by atoms with Gasteiger partial charge >= 0.3 is 0 Å². The first kappa shape index (κ1) is 9.66. The number of nitrogens with zero attached hydrogens (tertiary/aromatic N) is 4. The Bertz CT molecular complexity index is 482. The van der Waals surface area contributed by atoms with Crippen LogP contribution < -0.4 is 5.01 Å². The van der Waals surface area contributed by atoms with Gasteiger partial charge in [0.2, 0.25) is 0 Å².